The summed E-state index contributed by atoms with van der Waals surface area (Å²) < 4.78 is 0. The normalized spacial score (nSPS) is 20.6. The van der Waals surface area contributed by atoms with E-state index in [1.165, 1.54) is 27.9 Å². The summed E-state index contributed by atoms with van der Waals surface area (Å²) >= 11 is 0. The van der Waals surface area contributed by atoms with Crippen LogP contribution in [0.3, 0.4) is 0 Å². The van der Waals surface area contributed by atoms with Gasteiger partial charge in [-0.25, -0.2) is 0 Å². The Bertz CT molecular complexity index is 602. The molecule has 0 saturated carbocycles. The summed E-state index contributed by atoms with van der Waals surface area (Å²) in [4.78, 5) is 0. The van der Waals surface area contributed by atoms with Gasteiger partial charge in [-0.05, 0) is 75.2 Å². The van der Waals surface area contributed by atoms with Gasteiger partial charge in [-0.15, -0.1) is 6.58 Å². The third-order valence-corrected chi connectivity index (χ3v) is 4.85. The molecule has 130 valence electrons. The van der Waals surface area contributed by atoms with Crippen LogP contribution in [-0.4, -0.2) is 0 Å². The van der Waals surface area contributed by atoms with Crippen molar-refractivity contribution in [3.63, 3.8) is 0 Å². The summed E-state index contributed by atoms with van der Waals surface area (Å²) in [5, 5.41) is 0. The lowest BCUT2D eigenvalue weighted by Crippen LogP contribution is -2.09. The molecule has 0 aromatic heterocycles. The van der Waals surface area contributed by atoms with Crippen molar-refractivity contribution in [3.8, 4) is 0 Å². The van der Waals surface area contributed by atoms with Gasteiger partial charge in [0.15, 0.2) is 0 Å². The molecule has 0 amide bonds. The summed E-state index contributed by atoms with van der Waals surface area (Å²) in [7, 11) is 0. The van der Waals surface area contributed by atoms with Gasteiger partial charge >= 0.3 is 0 Å². The quantitative estimate of drug-likeness (QED) is 0.320. The smallest absolute Gasteiger partial charge is 0.00177 e. The minimum atomic E-state index is 0.330. The van der Waals surface area contributed by atoms with Crippen LogP contribution in [0.1, 0.15) is 53.9 Å². The largest absolute Gasteiger partial charge is 0.102 e. The van der Waals surface area contributed by atoms with Gasteiger partial charge < -0.3 is 0 Å². The van der Waals surface area contributed by atoms with Gasteiger partial charge in [0.05, 0.1) is 0 Å². The first kappa shape index (κ1) is 20.2. The topological polar surface area (TPSA) is 0 Å². The molecule has 0 radical (unpaired) electrons. The van der Waals surface area contributed by atoms with E-state index in [0.29, 0.717) is 11.8 Å². The van der Waals surface area contributed by atoms with Crippen LogP contribution in [0, 0.1) is 11.8 Å². The molecule has 0 aliphatic heterocycles. The van der Waals surface area contributed by atoms with Gasteiger partial charge in [0.1, 0.15) is 0 Å². The molecule has 1 aliphatic carbocycles. The maximum Gasteiger partial charge on any atom is 0.00177 e. The zero-order valence-electron chi connectivity index (χ0n) is 16.2. The molecular formula is C24H34. The van der Waals surface area contributed by atoms with Crippen LogP contribution < -0.4 is 0 Å². The molecule has 0 aromatic carbocycles. The van der Waals surface area contributed by atoms with Crippen LogP contribution in [0.4, 0.5) is 0 Å². The van der Waals surface area contributed by atoms with Crippen molar-refractivity contribution in [2.24, 2.45) is 11.8 Å². The van der Waals surface area contributed by atoms with Crippen LogP contribution in [-0.2, 0) is 0 Å². The first-order valence-electron chi connectivity index (χ1n) is 9.11. The van der Waals surface area contributed by atoms with Crippen molar-refractivity contribution in [2.75, 3.05) is 0 Å². The van der Waals surface area contributed by atoms with E-state index in [4.69, 9.17) is 0 Å². The fourth-order valence-corrected chi connectivity index (χ4v) is 2.99. The fourth-order valence-electron chi connectivity index (χ4n) is 2.99. The highest BCUT2D eigenvalue weighted by Gasteiger charge is 2.17. The predicted molar refractivity (Wildman–Crippen MR) is 110 cm³/mol. The maximum atomic E-state index is 4.38. The van der Waals surface area contributed by atoms with E-state index in [2.05, 4.69) is 90.3 Å². The second-order valence-corrected chi connectivity index (χ2v) is 6.77. The number of hydrogen-bond donors (Lipinski definition) is 0. The Morgan fingerprint density at radius 3 is 2.54 bits per heavy atom. The molecule has 24 heavy (non-hydrogen) atoms. The van der Waals surface area contributed by atoms with E-state index < -0.39 is 0 Å². The zero-order chi connectivity index (χ0) is 18.1. The first-order chi connectivity index (χ1) is 11.4. The molecule has 0 heteroatoms. The number of rotatable bonds is 8. The molecule has 2 atom stereocenters. The summed E-state index contributed by atoms with van der Waals surface area (Å²) in [5.74, 6) is 0.917. The van der Waals surface area contributed by atoms with Crippen molar-refractivity contribution in [1.29, 1.82) is 0 Å². The van der Waals surface area contributed by atoms with Crippen molar-refractivity contribution >= 4 is 0 Å². The highest BCUT2D eigenvalue weighted by Crippen LogP contribution is 2.31. The second-order valence-electron chi connectivity index (χ2n) is 6.77. The third-order valence-electron chi connectivity index (χ3n) is 4.85. The van der Waals surface area contributed by atoms with Gasteiger partial charge in [0.25, 0.3) is 0 Å². The van der Waals surface area contributed by atoms with Crippen LogP contribution in [0.2, 0.25) is 0 Å². The van der Waals surface area contributed by atoms with Crippen molar-refractivity contribution in [1.82, 2.24) is 0 Å². The standard InChI is InChI=1S/C24H34/c1-8-11-24(19(5)9-2)16-20(6)21(7)23(10-3)17-22-14-12-18(4)13-15-22/h9-14,16,22-23H,3,7-8,15,17H2,1-2,4-6H3. The Kier molecular flexibility index (Phi) is 8.54. The third kappa shape index (κ3) is 6.00. The highest BCUT2D eigenvalue weighted by atomic mass is 14.2. The molecule has 0 aromatic rings. The number of allylic oxidation sites excluding steroid dienone is 12. The molecule has 0 fully saturated rings. The minimum absolute atomic E-state index is 0.330. The van der Waals surface area contributed by atoms with Gasteiger partial charge in [-0.2, -0.15) is 0 Å². The second kappa shape index (κ2) is 10.1. The maximum absolute atomic E-state index is 4.38. The Labute approximate surface area is 149 Å². The summed E-state index contributed by atoms with van der Waals surface area (Å²) in [5.41, 5.74) is 6.43. The van der Waals surface area contributed by atoms with Gasteiger partial charge in [0.2, 0.25) is 0 Å². The molecular weight excluding hydrogens is 288 g/mol. The number of hydrogen-bond acceptors (Lipinski definition) is 0. The van der Waals surface area contributed by atoms with Crippen molar-refractivity contribution in [2.45, 2.75) is 53.9 Å². The molecule has 1 rings (SSSR count). The Balaban J connectivity index is 2.88. The predicted octanol–water partition coefficient (Wildman–Crippen LogP) is 7.51. The SMILES string of the molecule is C=CC(CC1C=CC(C)=CC1)C(=C)C(C)=CC(=CCC)C(C)=CC. The van der Waals surface area contributed by atoms with Crippen LogP contribution in [0.15, 0.2) is 83.6 Å². The lowest BCUT2D eigenvalue weighted by molar-refractivity contribution is 0.528. The van der Waals surface area contributed by atoms with Crippen LogP contribution in [0.25, 0.3) is 0 Å². The molecule has 2 unspecified atom stereocenters. The minimum Gasteiger partial charge on any atom is -0.102 e. The van der Waals surface area contributed by atoms with E-state index in [-0.39, 0.29) is 0 Å². The molecule has 1 aliphatic rings. The molecule has 0 saturated heterocycles. The van der Waals surface area contributed by atoms with Crippen molar-refractivity contribution < 1.29 is 0 Å². The van der Waals surface area contributed by atoms with E-state index in [1.54, 1.807) is 0 Å². The Morgan fingerprint density at radius 2 is 2.04 bits per heavy atom. The summed E-state index contributed by atoms with van der Waals surface area (Å²) in [6.07, 6.45) is 18.9. The van der Waals surface area contributed by atoms with Gasteiger partial charge in [-0.1, -0.05) is 61.6 Å². The van der Waals surface area contributed by atoms with E-state index >= 15 is 0 Å². The van der Waals surface area contributed by atoms with Crippen LogP contribution >= 0.6 is 0 Å². The monoisotopic (exact) mass is 322 g/mol. The molecule has 0 heterocycles. The Hall–Kier alpha value is -1.82. The average molecular weight is 323 g/mol. The van der Waals surface area contributed by atoms with Gasteiger partial charge in [-0.3, -0.25) is 0 Å². The molecule has 0 nitrogen and oxygen atoms in total. The molecule has 0 bridgehead atoms. The van der Waals surface area contributed by atoms with E-state index in [9.17, 15) is 0 Å². The van der Waals surface area contributed by atoms with Crippen molar-refractivity contribution in [3.05, 3.63) is 83.6 Å². The molecule has 0 N–H and O–H groups in total. The summed E-state index contributed by atoms with van der Waals surface area (Å²) in [6, 6.07) is 0. The zero-order valence-corrected chi connectivity index (χ0v) is 16.2. The highest BCUT2D eigenvalue weighted by molar-refractivity contribution is 5.45. The lowest BCUT2D eigenvalue weighted by Gasteiger charge is -2.22. The Morgan fingerprint density at radius 1 is 1.33 bits per heavy atom. The first-order valence-corrected chi connectivity index (χ1v) is 9.11. The molecule has 0 spiro atoms. The lowest BCUT2D eigenvalue weighted by atomic mass is 9.82. The van der Waals surface area contributed by atoms with E-state index in [0.717, 1.165) is 19.3 Å². The average Bonchev–Trinajstić information content (AvgIpc) is 2.59. The fraction of sp³-hybridized carbons (Fsp3) is 0.417. The summed E-state index contributed by atoms with van der Waals surface area (Å²) in [6.45, 7) is 19.2. The van der Waals surface area contributed by atoms with Gasteiger partial charge in [0, 0.05) is 5.92 Å². The van der Waals surface area contributed by atoms with Crippen LogP contribution in [0.5, 0.6) is 0 Å². The van der Waals surface area contributed by atoms with E-state index in [1.807, 2.05) is 0 Å².